The molecule has 0 radical (unpaired) electrons. The number of anilines is 1. The molecule has 122 valence electrons. The lowest BCUT2D eigenvalue weighted by Gasteiger charge is -2.37. The van der Waals surface area contributed by atoms with Gasteiger partial charge in [0.2, 0.25) is 0 Å². The summed E-state index contributed by atoms with van der Waals surface area (Å²) in [6, 6.07) is 0.136. The number of urea groups is 1. The van der Waals surface area contributed by atoms with Gasteiger partial charge in [-0.05, 0) is 25.3 Å². The van der Waals surface area contributed by atoms with Gasteiger partial charge in [-0.2, -0.15) is 13.2 Å². The molecular weight excluding hydrogens is 321 g/mol. The number of primary amides is 1. The van der Waals surface area contributed by atoms with E-state index in [4.69, 9.17) is 17.3 Å². The van der Waals surface area contributed by atoms with Crippen molar-refractivity contribution in [1.82, 2.24) is 10.3 Å². The van der Waals surface area contributed by atoms with Crippen molar-refractivity contribution in [2.24, 2.45) is 5.73 Å². The number of carbonyl (C=O) groups excluding carboxylic acids is 1. The lowest BCUT2D eigenvalue weighted by Crippen LogP contribution is -2.48. The van der Waals surface area contributed by atoms with E-state index in [1.54, 1.807) is 0 Å². The number of nitrogens with two attached hydrogens (primary N) is 1. The molecule has 0 spiro atoms. The molecule has 1 aliphatic heterocycles. The number of piperidine rings is 1. The minimum Gasteiger partial charge on any atom is -0.352 e. The van der Waals surface area contributed by atoms with Crippen LogP contribution in [0.5, 0.6) is 0 Å². The lowest BCUT2D eigenvalue weighted by atomic mass is 10.0. The van der Waals surface area contributed by atoms with Crippen molar-refractivity contribution >= 4 is 23.4 Å². The minimum absolute atomic E-state index is 0.0548. The molecule has 9 heteroatoms. The highest BCUT2D eigenvalue weighted by atomic mass is 35.5. The van der Waals surface area contributed by atoms with E-state index >= 15 is 0 Å². The summed E-state index contributed by atoms with van der Waals surface area (Å²) in [5, 5.41) is 2.46. The SMILES string of the molecule is NC(=O)NC[C@H]1CCCCN1c1ncc(C(F)(F)F)cc1Cl. The Morgan fingerprint density at radius 3 is 2.82 bits per heavy atom. The fourth-order valence-corrected chi connectivity index (χ4v) is 2.78. The van der Waals surface area contributed by atoms with Crippen LogP contribution in [0.2, 0.25) is 5.02 Å². The molecule has 0 saturated carbocycles. The molecule has 1 atom stereocenters. The van der Waals surface area contributed by atoms with Crippen molar-refractivity contribution in [3.05, 3.63) is 22.8 Å². The van der Waals surface area contributed by atoms with Crippen LogP contribution in [-0.2, 0) is 6.18 Å². The summed E-state index contributed by atoms with van der Waals surface area (Å²) in [6.45, 7) is 0.914. The Kier molecular flexibility index (Phi) is 5.00. The van der Waals surface area contributed by atoms with E-state index in [9.17, 15) is 18.0 Å². The van der Waals surface area contributed by atoms with Gasteiger partial charge in [-0.15, -0.1) is 0 Å². The smallest absolute Gasteiger partial charge is 0.352 e. The summed E-state index contributed by atoms with van der Waals surface area (Å²) in [5.74, 6) is 0.297. The number of halogens is 4. The normalized spacial score (nSPS) is 19.1. The maximum absolute atomic E-state index is 12.7. The van der Waals surface area contributed by atoms with Crippen molar-refractivity contribution in [2.75, 3.05) is 18.0 Å². The van der Waals surface area contributed by atoms with E-state index < -0.39 is 17.8 Å². The lowest BCUT2D eigenvalue weighted by molar-refractivity contribution is -0.137. The number of hydrogen-bond donors (Lipinski definition) is 2. The maximum Gasteiger partial charge on any atom is 0.417 e. The van der Waals surface area contributed by atoms with Gasteiger partial charge in [0.25, 0.3) is 0 Å². The Labute approximate surface area is 130 Å². The highest BCUT2D eigenvalue weighted by molar-refractivity contribution is 6.33. The molecule has 5 nitrogen and oxygen atoms in total. The summed E-state index contributed by atoms with van der Waals surface area (Å²) in [6.07, 6.45) is -1.09. The molecule has 1 fully saturated rings. The molecule has 0 bridgehead atoms. The zero-order valence-corrected chi connectivity index (χ0v) is 12.4. The second-order valence-electron chi connectivity index (χ2n) is 5.12. The van der Waals surface area contributed by atoms with Crippen molar-refractivity contribution in [3.63, 3.8) is 0 Å². The van der Waals surface area contributed by atoms with Crippen LogP contribution in [0.15, 0.2) is 12.3 Å². The van der Waals surface area contributed by atoms with Crippen LogP contribution in [-0.4, -0.2) is 30.1 Å². The van der Waals surface area contributed by atoms with Gasteiger partial charge < -0.3 is 16.0 Å². The van der Waals surface area contributed by atoms with Crippen LogP contribution in [0.4, 0.5) is 23.8 Å². The Bertz CT molecular complexity index is 553. The molecule has 2 amide bonds. The molecule has 0 unspecified atom stereocenters. The van der Waals surface area contributed by atoms with Gasteiger partial charge in [-0.1, -0.05) is 11.6 Å². The molecule has 1 aliphatic rings. The van der Waals surface area contributed by atoms with Crippen LogP contribution < -0.4 is 16.0 Å². The maximum atomic E-state index is 12.7. The van der Waals surface area contributed by atoms with Crippen LogP contribution in [0.1, 0.15) is 24.8 Å². The van der Waals surface area contributed by atoms with Crippen LogP contribution >= 0.6 is 11.6 Å². The van der Waals surface area contributed by atoms with Crippen molar-refractivity contribution in [3.8, 4) is 0 Å². The molecule has 0 aromatic carbocycles. The summed E-state index contributed by atoms with van der Waals surface area (Å²) in [5.41, 5.74) is 4.17. The number of pyridine rings is 1. The molecule has 3 N–H and O–H groups in total. The summed E-state index contributed by atoms with van der Waals surface area (Å²) in [7, 11) is 0. The van der Waals surface area contributed by atoms with E-state index in [1.807, 2.05) is 4.90 Å². The van der Waals surface area contributed by atoms with Gasteiger partial charge >= 0.3 is 12.2 Å². The molecule has 1 aromatic heterocycles. The van der Waals surface area contributed by atoms with Gasteiger partial charge in [0, 0.05) is 25.3 Å². The third kappa shape index (κ3) is 3.94. The number of nitrogens with one attached hydrogen (secondary N) is 1. The Hall–Kier alpha value is -1.70. The second-order valence-corrected chi connectivity index (χ2v) is 5.52. The van der Waals surface area contributed by atoms with Crippen molar-refractivity contribution < 1.29 is 18.0 Å². The zero-order valence-electron chi connectivity index (χ0n) is 11.7. The van der Waals surface area contributed by atoms with Crippen molar-refractivity contribution in [2.45, 2.75) is 31.5 Å². The van der Waals surface area contributed by atoms with Gasteiger partial charge in [0.1, 0.15) is 5.82 Å². The number of hydrogen-bond acceptors (Lipinski definition) is 3. The third-order valence-corrected chi connectivity index (χ3v) is 3.84. The van der Waals surface area contributed by atoms with Gasteiger partial charge in [0.15, 0.2) is 0 Å². The molecule has 1 saturated heterocycles. The van der Waals surface area contributed by atoms with Gasteiger partial charge in [0.05, 0.1) is 10.6 Å². The zero-order chi connectivity index (χ0) is 16.3. The minimum atomic E-state index is -4.48. The van der Waals surface area contributed by atoms with E-state index in [1.165, 1.54) is 0 Å². The first kappa shape index (κ1) is 16.7. The average Bonchev–Trinajstić information content (AvgIpc) is 2.44. The summed E-state index contributed by atoms with van der Waals surface area (Å²) < 4.78 is 38.0. The summed E-state index contributed by atoms with van der Waals surface area (Å²) >= 11 is 5.98. The molecular formula is C13H16ClF3N4O. The van der Waals surface area contributed by atoms with E-state index in [0.717, 1.165) is 31.5 Å². The Balaban J connectivity index is 2.22. The third-order valence-electron chi connectivity index (χ3n) is 3.56. The number of nitrogens with zero attached hydrogens (tertiary/aromatic N) is 2. The fraction of sp³-hybridized carbons (Fsp3) is 0.538. The Morgan fingerprint density at radius 1 is 1.50 bits per heavy atom. The topological polar surface area (TPSA) is 71.2 Å². The molecule has 2 rings (SSSR count). The molecule has 1 aromatic rings. The number of amides is 2. The highest BCUT2D eigenvalue weighted by Gasteiger charge is 2.33. The van der Waals surface area contributed by atoms with E-state index in [-0.39, 0.29) is 11.1 Å². The van der Waals surface area contributed by atoms with Crippen LogP contribution in [0, 0.1) is 0 Å². The monoisotopic (exact) mass is 336 g/mol. The first-order valence-corrected chi connectivity index (χ1v) is 7.19. The number of aromatic nitrogens is 1. The molecule has 0 aliphatic carbocycles. The largest absolute Gasteiger partial charge is 0.417 e. The standard InChI is InChI=1S/C13H16ClF3N4O/c14-10-5-8(13(15,16)17)6-19-11(10)21-4-2-1-3-9(21)7-20-12(18)22/h5-6,9H,1-4,7H2,(H3,18,20,22)/t9-/m1/s1. The fourth-order valence-electron chi connectivity index (χ4n) is 2.51. The quantitative estimate of drug-likeness (QED) is 0.891. The predicted molar refractivity (Wildman–Crippen MR) is 76.8 cm³/mol. The predicted octanol–water partition coefficient (Wildman–Crippen LogP) is 2.78. The van der Waals surface area contributed by atoms with Crippen LogP contribution in [0.3, 0.4) is 0 Å². The number of alkyl halides is 3. The first-order valence-electron chi connectivity index (χ1n) is 6.81. The van der Waals surface area contributed by atoms with Crippen LogP contribution in [0.25, 0.3) is 0 Å². The van der Waals surface area contributed by atoms with Gasteiger partial charge in [-0.3, -0.25) is 0 Å². The molecule has 22 heavy (non-hydrogen) atoms. The second kappa shape index (κ2) is 6.60. The van der Waals surface area contributed by atoms with Crippen molar-refractivity contribution in [1.29, 1.82) is 0 Å². The summed E-state index contributed by atoms with van der Waals surface area (Å²) in [4.78, 5) is 16.5. The average molecular weight is 337 g/mol. The number of rotatable bonds is 3. The number of carbonyl (C=O) groups is 1. The van der Waals surface area contributed by atoms with E-state index in [2.05, 4.69) is 10.3 Å². The highest BCUT2D eigenvalue weighted by Crippen LogP contribution is 2.35. The molecule has 2 heterocycles. The first-order chi connectivity index (χ1) is 10.3. The Morgan fingerprint density at radius 2 is 2.23 bits per heavy atom. The van der Waals surface area contributed by atoms with Gasteiger partial charge in [-0.25, -0.2) is 9.78 Å². The van der Waals surface area contributed by atoms with E-state index in [0.29, 0.717) is 18.9 Å².